The van der Waals surface area contributed by atoms with Crippen molar-refractivity contribution in [3.05, 3.63) is 218 Å². The molecule has 0 unspecified atom stereocenters. The molecule has 0 spiro atoms. The number of hydrogen-bond donors (Lipinski definition) is 0. The van der Waals surface area contributed by atoms with Crippen LogP contribution in [0.25, 0.3) is 99.5 Å². The average molecular weight is 713 g/mol. The van der Waals surface area contributed by atoms with E-state index >= 15 is 0 Å². The smallest absolute Gasteiger partial charge is 0.0541 e. The summed E-state index contributed by atoms with van der Waals surface area (Å²) in [5, 5.41) is 4.98. The maximum atomic E-state index is 2.42. The topological polar surface area (TPSA) is 9.86 Å². The molecule has 0 N–H and O–H groups in total. The fourth-order valence-electron chi connectivity index (χ4n) is 8.63. The second-order valence-corrected chi connectivity index (χ2v) is 14.6. The summed E-state index contributed by atoms with van der Waals surface area (Å²) in [6.07, 6.45) is 0. The van der Waals surface area contributed by atoms with E-state index in [2.05, 4.69) is 228 Å². The zero-order chi connectivity index (χ0) is 37.0. The summed E-state index contributed by atoms with van der Waals surface area (Å²) in [6.45, 7) is 0. The van der Waals surface area contributed by atoms with Crippen LogP contribution in [0.2, 0.25) is 0 Å². The summed E-state index contributed by atoms with van der Waals surface area (Å²) < 4.78 is 4.81. The summed E-state index contributed by atoms with van der Waals surface area (Å²) in [4.78, 5) is 0. The molecular formula is C54H36N2. The lowest BCUT2D eigenvalue weighted by molar-refractivity contribution is 1.18. The fourth-order valence-corrected chi connectivity index (χ4v) is 8.63. The van der Waals surface area contributed by atoms with E-state index in [1.807, 2.05) is 0 Å². The van der Waals surface area contributed by atoms with E-state index in [4.69, 9.17) is 0 Å². The van der Waals surface area contributed by atoms with E-state index < -0.39 is 0 Å². The van der Waals surface area contributed by atoms with Gasteiger partial charge in [-0.3, -0.25) is 0 Å². The molecule has 0 aliphatic rings. The highest BCUT2D eigenvalue weighted by Gasteiger charge is 2.17. The molecule has 0 aliphatic heterocycles. The number of benzene rings is 9. The third kappa shape index (κ3) is 5.34. The number of hydrogen-bond acceptors (Lipinski definition) is 0. The maximum absolute atomic E-state index is 2.42. The number of nitrogens with zero attached hydrogens (tertiary/aromatic N) is 2. The minimum atomic E-state index is 1.15. The Hall–Kier alpha value is -7.42. The van der Waals surface area contributed by atoms with E-state index in [-0.39, 0.29) is 0 Å². The van der Waals surface area contributed by atoms with Gasteiger partial charge in [0.05, 0.1) is 22.1 Å². The quantitative estimate of drug-likeness (QED) is 0.162. The van der Waals surface area contributed by atoms with E-state index in [1.54, 1.807) is 0 Å². The molecule has 0 saturated heterocycles. The van der Waals surface area contributed by atoms with Crippen molar-refractivity contribution in [3.63, 3.8) is 0 Å². The van der Waals surface area contributed by atoms with Gasteiger partial charge in [-0.15, -0.1) is 0 Å². The lowest BCUT2D eigenvalue weighted by atomic mass is 9.99. The molecule has 11 rings (SSSR count). The van der Waals surface area contributed by atoms with Gasteiger partial charge in [-0.25, -0.2) is 0 Å². The van der Waals surface area contributed by atoms with Crippen molar-refractivity contribution in [2.24, 2.45) is 0 Å². The molecule has 0 amide bonds. The Morgan fingerprint density at radius 2 is 0.554 bits per heavy atom. The van der Waals surface area contributed by atoms with Gasteiger partial charge in [0.1, 0.15) is 0 Å². The first kappa shape index (κ1) is 32.0. The van der Waals surface area contributed by atoms with Gasteiger partial charge in [0.2, 0.25) is 0 Å². The normalized spacial score (nSPS) is 11.6. The van der Waals surface area contributed by atoms with Gasteiger partial charge in [0.25, 0.3) is 0 Å². The zero-order valence-electron chi connectivity index (χ0n) is 30.7. The van der Waals surface area contributed by atoms with Crippen LogP contribution in [-0.2, 0) is 0 Å². The molecule has 0 aliphatic carbocycles. The Morgan fingerprint density at radius 3 is 1.14 bits per heavy atom. The van der Waals surface area contributed by atoms with Gasteiger partial charge >= 0.3 is 0 Å². The Balaban J connectivity index is 1.05. The molecule has 2 aromatic heterocycles. The zero-order valence-corrected chi connectivity index (χ0v) is 30.7. The minimum Gasteiger partial charge on any atom is -0.309 e. The first-order chi connectivity index (χ1) is 27.8. The van der Waals surface area contributed by atoms with Crippen molar-refractivity contribution in [1.29, 1.82) is 0 Å². The fraction of sp³-hybridized carbons (Fsp3) is 0. The van der Waals surface area contributed by atoms with Crippen LogP contribution < -0.4 is 0 Å². The highest BCUT2D eigenvalue weighted by Crippen LogP contribution is 2.40. The van der Waals surface area contributed by atoms with Crippen LogP contribution >= 0.6 is 0 Å². The summed E-state index contributed by atoms with van der Waals surface area (Å²) in [7, 11) is 0. The van der Waals surface area contributed by atoms with Gasteiger partial charge in [-0.2, -0.15) is 0 Å². The molecule has 262 valence electrons. The van der Waals surface area contributed by atoms with Crippen LogP contribution in [0.5, 0.6) is 0 Å². The lowest BCUT2D eigenvalue weighted by Gasteiger charge is -2.12. The monoisotopic (exact) mass is 712 g/mol. The predicted octanol–water partition coefficient (Wildman–Crippen LogP) is 14.5. The van der Waals surface area contributed by atoms with Crippen LogP contribution in [-0.4, -0.2) is 9.13 Å². The van der Waals surface area contributed by atoms with Crippen molar-refractivity contribution in [2.75, 3.05) is 0 Å². The molecule has 0 radical (unpaired) electrons. The molecule has 56 heavy (non-hydrogen) atoms. The van der Waals surface area contributed by atoms with Crippen molar-refractivity contribution in [3.8, 4) is 55.9 Å². The van der Waals surface area contributed by atoms with Gasteiger partial charge in [0, 0.05) is 32.9 Å². The maximum Gasteiger partial charge on any atom is 0.0541 e. The minimum absolute atomic E-state index is 1.15. The summed E-state index contributed by atoms with van der Waals surface area (Å²) in [5.74, 6) is 0. The molecular weight excluding hydrogens is 677 g/mol. The molecule has 0 atom stereocenters. The van der Waals surface area contributed by atoms with Crippen molar-refractivity contribution >= 4 is 43.6 Å². The number of aromatic nitrogens is 2. The predicted molar refractivity (Wildman–Crippen MR) is 237 cm³/mol. The van der Waals surface area contributed by atoms with Crippen LogP contribution in [0.4, 0.5) is 0 Å². The van der Waals surface area contributed by atoms with Crippen LogP contribution in [0, 0.1) is 0 Å². The number of rotatable bonds is 6. The van der Waals surface area contributed by atoms with Crippen molar-refractivity contribution in [1.82, 2.24) is 9.13 Å². The number of para-hydroxylation sites is 2. The lowest BCUT2D eigenvalue weighted by Crippen LogP contribution is -1.94. The van der Waals surface area contributed by atoms with Crippen molar-refractivity contribution < 1.29 is 0 Å². The first-order valence-corrected chi connectivity index (χ1v) is 19.3. The highest BCUT2D eigenvalue weighted by molar-refractivity contribution is 6.13. The van der Waals surface area contributed by atoms with Gasteiger partial charge < -0.3 is 9.13 Å². The SMILES string of the molecule is c1ccc(-c2cccc(-c3cccc(-n4c5ccccc5c5cc(-c6ccc7c(c6)c6cc(-c8ccccc8)ccc6n7-c6ccccc6)ccc54)c3)c2)cc1. The summed E-state index contributed by atoms with van der Waals surface area (Å²) in [5.41, 5.74) is 16.8. The Morgan fingerprint density at radius 1 is 0.196 bits per heavy atom. The molecule has 2 heterocycles. The highest BCUT2D eigenvalue weighted by atomic mass is 15.0. The Kier molecular flexibility index (Phi) is 7.53. The molecule has 2 heteroatoms. The van der Waals surface area contributed by atoms with E-state index in [0.717, 1.165) is 11.4 Å². The largest absolute Gasteiger partial charge is 0.309 e. The van der Waals surface area contributed by atoms with Crippen LogP contribution in [0.3, 0.4) is 0 Å². The van der Waals surface area contributed by atoms with E-state index in [9.17, 15) is 0 Å². The summed E-state index contributed by atoms with van der Waals surface area (Å²) >= 11 is 0. The molecule has 2 nitrogen and oxygen atoms in total. The van der Waals surface area contributed by atoms with Gasteiger partial charge in [0.15, 0.2) is 0 Å². The average Bonchev–Trinajstić information content (AvgIpc) is 3.79. The summed E-state index contributed by atoms with van der Waals surface area (Å²) in [6, 6.07) is 79.4. The third-order valence-corrected chi connectivity index (χ3v) is 11.3. The van der Waals surface area contributed by atoms with Gasteiger partial charge in [-0.05, 0) is 117 Å². The van der Waals surface area contributed by atoms with Crippen LogP contribution in [0.1, 0.15) is 0 Å². The molecule has 9 aromatic carbocycles. The molecule has 0 saturated carbocycles. The van der Waals surface area contributed by atoms with E-state index in [0.29, 0.717) is 0 Å². The Labute approximate surface area is 325 Å². The van der Waals surface area contributed by atoms with Crippen LogP contribution in [0.15, 0.2) is 218 Å². The molecule has 11 aromatic rings. The Bertz CT molecular complexity index is 3220. The molecule has 0 fully saturated rings. The second kappa shape index (κ2) is 13.2. The third-order valence-electron chi connectivity index (χ3n) is 11.3. The van der Waals surface area contributed by atoms with Crippen molar-refractivity contribution in [2.45, 2.75) is 0 Å². The van der Waals surface area contributed by atoms with E-state index in [1.165, 1.54) is 88.1 Å². The first-order valence-electron chi connectivity index (χ1n) is 19.3. The second-order valence-electron chi connectivity index (χ2n) is 14.6. The van der Waals surface area contributed by atoms with Gasteiger partial charge in [-0.1, -0.05) is 146 Å². The number of fused-ring (bicyclic) bond motifs is 6. The standard InChI is InChI=1S/C54H36N2/c1-4-14-37(15-5-1)39-18-12-19-40(32-39)41-20-13-23-46(33-41)56-51-25-11-10-24-47(51)48-35-43(27-30-52(48)56)44-28-31-54-50(36-44)49-34-42(38-16-6-2-7-17-38)26-29-53(49)55(54)45-21-8-3-9-22-45/h1-36H. The molecule has 0 bridgehead atoms.